The number of halogens is 1. The molecule has 0 N–H and O–H groups in total. The monoisotopic (exact) mass is 283 g/mol. The van der Waals surface area contributed by atoms with Gasteiger partial charge in [-0.3, -0.25) is 4.79 Å². The van der Waals surface area contributed by atoms with E-state index in [-0.39, 0.29) is 5.78 Å². The van der Waals surface area contributed by atoms with Crippen LogP contribution in [0.2, 0.25) is 5.02 Å². The molecule has 0 aliphatic rings. The Labute approximate surface area is 122 Å². The van der Waals surface area contributed by atoms with Crippen molar-refractivity contribution in [2.24, 2.45) is 7.05 Å². The molecule has 3 aromatic rings. The van der Waals surface area contributed by atoms with Gasteiger partial charge in [0.25, 0.3) is 0 Å². The summed E-state index contributed by atoms with van der Waals surface area (Å²) in [4.78, 5) is 12.6. The number of carbonyl (C=O) groups excluding carboxylic acids is 1. The molecular weight excluding hydrogens is 270 g/mol. The van der Waals surface area contributed by atoms with Crippen molar-refractivity contribution in [1.82, 2.24) is 4.57 Å². The zero-order valence-corrected chi connectivity index (χ0v) is 12.1. The van der Waals surface area contributed by atoms with Crippen LogP contribution in [0.25, 0.3) is 10.9 Å². The standard InChI is InChI=1S/C17H14ClNO/c1-11-6-7-14-15(10-19(2)16(14)8-11)17(20)12-4-3-5-13(18)9-12/h3-10H,1-2H3. The smallest absolute Gasteiger partial charge is 0.195 e. The molecule has 0 saturated carbocycles. The van der Waals surface area contributed by atoms with Crippen molar-refractivity contribution in [2.75, 3.05) is 0 Å². The van der Waals surface area contributed by atoms with Gasteiger partial charge in [-0.2, -0.15) is 0 Å². The second-order valence-electron chi connectivity index (χ2n) is 5.01. The Balaban J connectivity index is 2.17. The average Bonchev–Trinajstić information content (AvgIpc) is 2.75. The summed E-state index contributed by atoms with van der Waals surface area (Å²) in [7, 11) is 1.95. The molecule has 2 aromatic carbocycles. The van der Waals surface area contributed by atoms with Crippen molar-refractivity contribution < 1.29 is 4.79 Å². The van der Waals surface area contributed by atoms with Crippen LogP contribution < -0.4 is 0 Å². The molecular formula is C17H14ClNO. The van der Waals surface area contributed by atoms with E-state index in [0.717, 1.165) is 10.9 Å². The van der Waals surface area contributed by atoms with Gasteiger partial charge in [0.1, 0.15) is 0 Å². The molecule has 100 valence electrons. The number of benzene rings is 2. The van der Waals surface area contributed by atoms with E-state index in [1.807, 2.05) is 36.9 Å². The first-order valence-electron chi connectivity index (χ1n) is 6.42. The number of hydrogen-bond donors (Lipinski definition) is 0. The fourth-order valence-electron chi connectivity index (χ4n) is 2.46. The summed E-state index contributed by atoms with van der Waals surface area (Å²) in [5.74, 6) is 0.00181. The third-order valence-corrected chi connectivity index (χ3v) is 3.71. The quantitative estimate of drug-likeness (QED) is 0.640. The lowest BCUT2D eigenvalue weighted by molar-refractivity contribution is 0.104. The summed E-state index contributed by atoms with van der Waals surface area (Å²) in [5, 5.41) is 1.55. The number of carbonyl (C=O) groups is 1. The minimum atomic E-state index is 0.00181. The topological polar surface area (TPSA) is 22.0 Å². The number of nitrogens with zero attached hydrogens (tertiary/aromatic N) is 1. The van der Waals surface area contributed by atoms with E-state index in [4.69, 9.17) is 11.6 Å². The molecule has 3 heteroatoms. The molecule has 0 aliphatic heterocycles. The molecule has 0 radical (unpaired) electrons. The number of hydrogen-bond acceptors (Lipinski definition) is 1. The first-order valence-corrected chi connectivity index (χ1v) is 6.80. The number of aromatic nitrogens is 1. The molecule has 0 atom stereocenters. The lowest BCUT2D eigenvalue weighted by atomic mass is 10.0. The summed E-state index contributed by atoms with van der Waals surface area (Å²) in [5.41, 5.74) is 3.58. The van der Waals surface area contributed by atoms with E-state index in [1.165, 1.54) is 5.56 Å². The maximum Gasteiger partial charge on any atom is 0.195 e. The highest BCUT2D eigenvalue weighted by Crippen LogP contribution is 2.25. The van der Waals surface area contributed by atoms with Gasteiger partial charge in [-0.25, -0.2) is 0 Å². The van der Waals surface area contributed by atoms with Crippen LogP contribution in [0.3, 0.4) is 0 Å². The molecule has 0 amide bonds. The Kier molecular flexibility index (Phi) is 3.11. The fraction of sp³-hybridized carbons (Fsp3) is 0.118. The van der Waals surface area contributed by atoms with Gasteiger partial charge < -0.3 is 4.57 Å². The predicted molar refractivity (Wildman–Crippen MR) is 82.5 cm³/mol. The Morgan fingerprint density at radius 1 is 1.15 bits per heavy atom. The van der Waals surface area contributed by atoms with Crippen molar-refractivity contribution in [2.45, 2.75) is 6.92 Å². The number of rotatable bonds is 2. The largest absolute Gasteiger partial charge is 0.350 e. The second kappa shape index (κ2) is 4.80. The maximum atomic E-state index is 12.6. The van der Waals surface area contributed by atoms with Gasteiger partial charge in [0.2, 0.25) is 0 Å². The minimum Gasteiger partial charge on any atom is -0.350 e. The second-order valence-corrected chi connectivity index (χ2v) is 5.45. The lowest BCUT2D eigenvalue weighted by Gasteiger charge is -2.01. The van der Waals surface area contributed by atoms with Crippen LogP contribution in [-0.4, -0.2) is 10.4 Å². The molecule has 0 unspecified atom stereocenters. The summed E-state index contributed by atoms with van der Waals surface area (Å²) in [6, 6.07) is 13.2. The first kappa shape index (κ1) is 12.9. The van der Waals surface area contributed by atoms with Crippen molar-refractivity contribution in [3.05, 3.63) is 70.4 Å². The number of ketones is 1. The molecule has 3 rings (SSSR count). The van der Waals surface area contributed by atoms with E-state index in [1.54, 1.807) is 24.3 Å². The van der Waals surface area contributed by atoms with Crippen molar-refractivity contribution >= 4 is 28.3 Å². The Morgan fingerprint density at radius 2 is 1.95 bits per heavy atom. The van der Waals surface area contributed by atoms with Crippen LogP contribution in [0, 0.1) is 6.92 Å². The third-order valence-electron chi connectivity index (χ3n) is 3.48. The Bertz CT molecular complexity index is 817. The van der Waals surface area contributed by atoms with Crippen LogP contribution in [0.4, 0.5) is 0 Å². The predicted octanol–water partition coefficient (Wildman–Crippen LogP) is 4.37. The number of fused-ring (bicyclic) bond motifs is 1. The van der Waals surface area contributed by atoms with Gasteiger partial charge >= 0.3 is 0 Å². The first-order chi connectivity index (χ1) is 9.56. The van der Waals surface area contributed by atoms with Crippen LogP contribution in [-0.2, 0) is 7.05 Å². The van der Waals surface area contributed by atoms with Gasteiger partial charge in [-0.05, 0) is 30.7 Å². The summed E-state index contributed by atoms with van der Waals surface area (Å²) >= 11 is 5.96. The van der Waals surface area contributed by atoms with E-state index in [0.29, 0.717) is 16.1 Å². The molecule has 0 aliphatic carbocycles. The molecule has 0 spiro atoms. The van der Waals surface area contributed by atoms with E-state index in [2.05, 4.69) is 6.07 Å². The zero-order chi connectivity index (χ0) is 14.3. The average molecular weight is 284 g/mol. The van der Waals surface area contributed by atoms with Crippen LogP contribution >= 0.6 is 11.6 Å². The molecule has 1 heterocycles. The maximum absolute atomic E-state index is 12.6. The molecule has 20 heavy (non-hydrogen) atoms. The van der Waals surface area contributed by atoms with Crippen molar-refractivity contribution in [1.29, 1.82) is 0 Å². The Hall–Kier alpha value is -2.06. The minimum absolute atomic E-state index is 0.00181. The van der Waals surface area contributed by atoms with Crippen molar-refractivity contribution in [3.8, 4) is 0 Å². The van der Waals surface area contributed by atoms with Crippen molar-refractivity contribution in [3.63, 3.8) is 0 Å². The highest BCUT2D eigenvalue weighted by molar-refractivity contribution is 6.31. The van der Waals surface area contributed by atoms with Gasteiger partial charge in [-0.1, -0.05) is 35.9 Å². The summed E-state index contributed by atoms with van der Waals surface area (Å²) in [6.07, 6.45) is 1.88. The van der Waals surface area contributed by atoms with E-state index >= 15 is 0 Å². The highest BCUT2D eigenvalue weighted by atomic mass is 35.5. The lowest BCUT2D eigenvalue weighted by Crippen LogP contribution is -2.00. The van der Waals surface area contributed by atoms with E-state index in [9.17, 15) is 4.79 Å². The normalized spacial score (nSPS) is 10.9. The molecule has 1 aromatic heterocycles. The van der Waals surface area contributed by atoms with Crippen LogP contribution in [0.5, 0.6) is 0 Å². The Morgan fingerprint density at radius 3 is 2.70 bits per heavy atom. The third kappa shape index (κ3) is 2.12. The van der Waals surface area contributed by atoms with Gasteiger partial charge in [-0.15, -0.1) is 0 Å². The van der Waals surface area contributed by atoms with Crippen LogP contribution in [0.1, 0.15) is 21.5 Å². The van der Waals surface area contributed by atoms with Gasteiger partial charge in [0, 0.05) is 40.3 Å². The fourth-order valence-corrected chi connectivity index (χ4v) is 2.65. The zero-order valence-electron chi connectivity index (χ0n) is 11.4. The number of aryl methyl sites for hydroxylation is 2. The highest BCUT2D eigenvalue weighted by Gasteiger charge is 2.15. The van der Waals surface area contributed by atoms with Crippen LogP contribution in [0.15, 0.2) is 48.7 Å². The molecule has 0 bridgehead atoms. The van der Waals surface area contributed by atoms with E-state index < -0.39 is 0 Å². The summed E-state index contributed by atoms with van der Waals surface area (Å²) < 4.78 is 1.99. The SMILES string of the molecule is Cc1ccc2c(C(=O)c3cccc(Cl)c3)cn(C)c2c1. The van der Waals surface area contributed by atoms with Gasteiger partial charge in [0.05, 0.1) is 0 Å². The molecule has 0 saturated heterocycles. The molecule has 2 nitrogen and oxygen atoms in total. The summed E-state index contributed by atoms with van der Waals surface area (Å²) in [6.45, 7) is 2.05. The molecule has 0 fully saturated rings. The van der Waals surface area contributed by atoms with Gasteiger partial charge in [0.15, 0.2) is 5.78 Å².